The van der Waals surface area contributed by atoms with Crippen LogP contribution >= 0.6 is 0 Å². The highest BCUT2D eigenvalue weighted by molar-refractivity contribution is 4.90. The molecule has 1 heterocycles. The number of hydrogen-bond donors (Lipinski definition) is 1. The molecule has 0 bridgehead atoms. The lowest BCUT2D eigenvalue weighted by molar-refractivity contribution is 0.0570. The van der Waals surface area contributed by atoms with Gasteiger partial charge in [0, 0.05) is 25.7 Å². The lowest BCUT2D eigenvalue weighted by Gasteiger charge is -2.44. The number of nitrogens with zero attached hydrogens (tertiary/aromatic N) is 1. The van der Waals surface area contributed by atoms with Gasteiger partial charge in [-0.25, -0.2) is 0 Å². The van der Waals surface area contributed by atoms with Gasteiger partial charge >= 0.3 is 0 Å². The van der Waals surface area contributed by atoms with Gasteiger partial charge in [-0.15, -0.1) is 0 Å². The molecule has 2 fully saturated rings. The van der Waals surface area contributed by atoms with E-state index in [9.17, 15) is 0 Å². The van der Waals surface area contributed by atoms with E-state index in [0.717, 1.165) is 31.7 Å². The van der Waals surface area contributed by atoms with Crippen molar-refractivity contribution in [2.45, 2.75) is 38.6 Å². The van der Waals surface area contributed by atoms with Gasteiger partial charge in [0.1, 0.15) is 0 Å². The zero-order valence-electron chi connectivity index (χ0n) is 10.6. The topological polar surface area (TPSA) is 24.5 Å². The van der Waals surface area contributed by atoms with Crippen LogP contribution in [0.4, 0.5) is 0 Å². The third-order valence-corrected chi connectivity index (χ3v) is 3.94. The molecule has 94 valence electrons. The second kappa shape index (κ2) is 6.58. The van der Waals surface area contributed by atoms with Crippen molar-refractivity contribution < 1.29 is 4.74 Å². The molecule has 16 heavy (non-hydrogen) atoms. The van der Waals surface area contributed by atoms with Crippen LogP contribution in [-0.4, -0.2) is 50.3 Å². The highest BCUT2D eigenvalue weighted by Gasteiger charge is 2.34. The summed E-state index contributed by atoms with van der Waals surface area (Å²) >= 11 is 0. The average Bonchev–Trinajstić information content (AvgIpc) is 2.52. The second-order valence-corrected chi connectivity index (χ2v) is 5.11. The van der Waals surface area contributed by atoms with Crippen LogP contribution in [0.1, 0.15) is 32.6 Å². The maximum absolute atomic E-state index is 5.52. The van der Waals surface area contributed by atoms with Gasteiger partial charge in [0.05, 0.1) is 6.61 Å². The summed E-state index contributed by atoms with van der Waals surface area (Å²) in [7, 11) is 0. The maximum atomic E-state index is 5.52. The summed E-state index contributed by atoms with van der Waals surface area (Å²) in [5.41, 5.74) is 0. The van der Waals surface area contributed by atoms with Gasteiger partial charge in [0.15, 0.2) is 0 Å². The van der Waals surface area contributed by atoms with Crippen molar-refractivity contribution in [3.63, 3.8) is 0 Å². The van der Waals surface area contributed by atoms with Gasteiger partial charge in [-0.2, -0.15) is 0 Å². The summed E-state index contributed by atoms with van der Waals surface area (Å²) < 4.78 is 5.52. The van der Waals surface area contributed by atoms with Crippen LogP contribution < -0.4 is 5.32 Å². The molecule has 2 aliphatic rings. The van der Waals surface area contributed by atoms with E-state index >= 15 is 0 Å². The Balaban J connectivity index is 1.71. The summed E-state index contributed by atoms with van der Waals surface area (Å²) in [6.45, 7) is 8.91. The molecular formula is C13H26N2O. The van der Waals surface area contributed by atoms with Crippen LogP contribution in [0.5, 0.6) is 0 Å². The molecule has 0 amide bonds. The fourth-order valence-electron chi connectivity index (χ4n) is 2.83. The van der Waals surface area contributed by atoms with Crippen LogP contribution in [0.2, 0.25) is 0 Å². The maximum Gasteiger partial charge on any atom is 0.0593 e. The average molecular weight is 226 g/mol. The predicted octanol–water partition coefficient (Wildman–Crippen LogP) is 1.49. The summed E-state index contributed by atoms with van der Waals surface area (Å²) in [6.07, 6.45) is 5.28. The first-order valence-corrected chi connectivity index (χ1v) is 6.94. The van der Waals surface area contributed by atoms with E-state index in [0.29, 0.717) is 0 Å². The smallest absolute Gasteiger partial charge is 0.0593 e. The Bertz CT molecular complexity index is 190. The predicted molar refractivity (Wildman–Crippen MR) is 66.7 cm³/mol. The Hall–Kier alpha value is -0.120. The van der Waals surface area contributed by atoms with Gasteiger partial charge in [-0.05, 0) is 44.7 Å². The minimum absolute atomic E-state index is 0.839. The molecule has 0 aromatic carbocycles. The SMILES string of the molecule is CCCNCC1CCC1N1CCCOCC1. The molecule has 2 rings (SSSR count). The quantitative estimate of drug-likeness (QED) is 0.719. The Morgan fingerprint density at radius 2 is 2.19 bits per heavy atom. The Kier molecular flexibility index (Phi) is 5.07. The zero-order chi connectivity index (χ0) is 11.2. The van der Waals surface area contributed by atoms with Gasteiger partial charge in [-0.1, -0.05) is 6.92 Å². The second-order valence-electron chi connectivity index (χ2n) is 5.11. The monoisotopic (exact) mass is 226 g/mol. The molecule has 3 nitrogen and oxygen atoms in total. The van der Waals surface area contributed by atoms with E-state index in [1.165, 1.54) is 45.3 Å². The Labute approximate surface area is 99.5 Å². The van der Waals surface area contributed by atoms with Crippen molar-refractivity contribution in [2.75, 3.05) is 39.4 Å². The van der Waals surface area contributed by atoms with Gasteiger partial charge in [-0.3, -0.25) is 4.90 Å². The van der Waals surface area contributed by atoms with Crippen molar-refractivity contribution in [3.8, 4) is 0 Å². The van der Waals surface area contributed by atoms with Crippen molar-refractivity contribution in [2.24, 2.45) is 5.92 Å². The third kappa shape index (κ3) is 3.19. The minimum Gasteiger partial charge on any atom is -0.380 e. The number of hydrogen-bond acceptors (Lipinski definition) is 3. The van der Waals surface area contributed by atoms with Gasteiger partial charge in [0.25, 0.3) is 0 Å². The molecule has 3 heteroatoms. The first kappa shape index (κ1) is 12.3. The van der Waals surface area contributed by atoms with E-state index < -0.39 is 0 Å². The van der Waals surface area contributed by atoms with E-state index in [1.54, 1.807) is 0 Å². The van der Waals surface area contributed by atoms with Crippen LogP contribution in [0.25, 0.3) is 0 Å². The van der Waals surface area contributed by atoms with Crippen LogP contribution in [0.15, 0.2) is 0 Å². The first-order chi connectivity index (χ1) is 7.92. The molecule has 1 saturated heterocycles. The highest BCUT2D eigenvalue weighted by Crippen LogP contribution is 2.32. The number of rotatable bonds is 5. The summed E-state index contributed by atoms with van der Waals surface area (Å²) in [5, 5.41) is 3.56. The molecule has 1 aliphatic heterocycles. The summed E-state index contributed by atoms with van der Waals surface area (Å²) in [4.78, 5) is 2.66. The molecule has 0 aromatic rings. The normalized spacial score (nSPS) is 32.1. The van der Waals surface area contributed by atoms with E-state index in [4.69, 9.17) is 4.74 Å². The summed E-state index contributed by atoms with van der Waals surface area (Å²) in [5.74, 6) is 0.893. The molecular weight excluding hydrogens is 200 g/mol. The van der Waals surface area contributed by atoms with Crippen molar-refractivity contribution >= 4 is 0 Å². The largest absolute Gasteiger partial charge is 0.380 e. The molecule has 2 atom stereocenters. The third-order valence-electron chi connectivity index (χ3n) is 3.94. The van der Waals surface area contributed by atoms with Crippen LogP contribution in [0, 0.1) is 5.92 Å². The molecule has 0 radical (unpaired) electrons. The number of ether oxygens (including phenoxy) is 1. The number of nitrogens with one attached hydrogen (secondary N) is 1. The summed E-state index contributed by atoms with van der Waals surface area (Å²) in [6, 6.07) is 0.839. The molecule has 0 spiro atoms. The van der Waals surface area contributed by atoms with Crippen molar-refractivity contribution in [1.29, 1.82) is 0 Å². The zero-order valence-corrected chi connectivity index (χ0v) is 10.6. The van der Waals surface area contributed by atoms with Crippen molar-refractivity contribution in [1.82, 2.24) is 10.2 Å². The standard InChI is InChI=1S/C13H26N2O/c1-2-6-14-11-12-4-5-13(12)15-7-3-9-16-10-8-15/h12-14H,2-11H2,1H3. The molecule has 1 N–H and O–H groups in total. The van der Waals surface area contributed by atoms with E-state index in [1.807, 2.05) is 0 Å². The minimum atomic E-state index is 0.839. The van der Waals surface area contributed by atoms with Crippen LogP contribution in [0.3, 0.4) is 0 Å². The lowest BCUT2D eigenvalue weighted by Crippen LogP contribution is -2.51. The van der Waals surface area contributed by atoms with Crippen LogP contribution in [-0.2, 0) is 4.74 Å². The molecule has 2 unspecified atom stereocenters. The lowest BCUT2D eigenvalue weighted by atomic mass is 9.78. The van der Waals surface area contributed by atoms with Crippen molar-refractivity contribution in [3.05, 3.63) is 0 Å². The molecule has 1 aliphatic carbocycles. The van der Waals surface area contributed by atoms with Gasteiger partial charge < -0.3 is 10.1 Å². The Morgan fingerprint density at radius 1 is 1.25 bits per heavy atom. The molecule has 1 saturated carbocycles. The van der Waals surface area contributed by atoms with E-state index in [2.05, 4.69) is 17.1 Å². The fourth-order valence-corrected chi connectivity index (χ4v) is 2.83. The van der Waals surface area contributed by atoms with Gasteiger partial charge in [0.2, 0.25) is 0 Å². The molecule has 0 aromatic heterocycles. The fraction of sp³-hybridized carbons (Fsp3) is 1.00. The Morgan fingerprint density at radius 3 is 2.94 bits per heavy atom. The first-order valence-electron chi connectivity index (χ1n) is 6.94. The highest BCUT2D eigenvalue weighted by atomic mass is 16.5. The van der Waals surface area contributed by atoms with E-state index in [-0.39, 0.29) is 0 Å².